The molecule has 26 heavy (non-hydrogen) atoms. The average Bonchev–Trinajstić information content (AvgIpc) is 2.61. The van der Waals surface area contributed by atoms with E-state index in [2.05, 4.69) is 0 Å². The molecule has 0 radical (unpaired) electrons. The van der Waals surface area contributed by atoms with Crippen molar-refractivity contribution in [1.29, 1.82) is 0 Å². The third-order valence-electron chi connectivity index (χ3n) is 4.18. The monoisotopic (exact) mass is 393 g/mol. The molecule has 4 nitrogen and oxygen atoms in total. The maximum absolute atomic E-state index is 12.8. The largest absolute Gasteiger partial charge is 0.489 e. The first-order valence-electron chi connectivity index (χ1n) is 8.54. The molecular weight excluding hydrogens is 373 g/mol. The Morgan fingerprint density at radius 2 is 1.85 bits per heavy atom. The van der Waals surface area contributed by atoms with Gasteiger partial charge in [-0.1, -0.05) is 35.3 Å². The summed E-state index contributed by atoms with van der Waals surface area (Å²) in [5.74, 6) is 0.628. The van der Waals surface area contributed by atoms with E-state index in [9.17, 15) is 4.79 Å². The van der Waals surface area contributed by atoms with Gasteiger partial charge in [-0.15, -0.1) is 0 Å². The molecule has 1 amide bonds. The number of hydrogen-bond donors (Lipinski definition) is 0. The highest BCUT2D eigenvalue weighted by atomic mass is 35.5. The van der Waals surface area contributed by atoms with Crippen LogP contribution in [0.3, 0.4) is 0 Å². The highest BCUT2D eigenvalue weighted by molar-refractivity contribution is 6.42. The van der Waals surface area contributed by atoms with E-state index in [1.54, 1.807) is 24.3 Å². The highest BCUT2D eigenvalue weighted by Crippen LogP contribution is 2.24. The first-order valence-corrected chi connectivity index (χ1v) is 9.29. The zero-order valence-electron chi connectivity index (χ0n) is 14.7. The van der Waals surface area contributed by atoms with Crippen molar-refractivity contribution in [2.75, 3.05) is 13.1 Å². The van der Waals surface area contributed by atoms with Gasteiger partial charge < -0.3 is 14.4 Å². The second kappa shape index (κ2) is 8.30. The van der Waals surface area contributed by atoms with Crippen LogP contribution in [0.15, 0.2) is 42.5 Å². The van der Waals surface area contributed by atoms with Gasteiger partial charge in [-0.3, -0.25) is 4.79 Å². The second-order valence-corrected chi connectivity index (χ2v) is 7.35. The van der Waals surface area contributed by atoms with Gasteiger partial charge in [0.2, 0.25) is 0 Å². The molecule has 2 atom stereocenters. The summed E-state index contributed by atoms with van der Waals surface area (Å²) in [6.45, 7) is 5.49. The molecule has 138 valence electrons. The summed E-state index contributed by atoms with van der Waals surface area (Å²) < 4.78 is 11.5. The van der Waals surface area contributed by atoms with Crippen molar-refractivity contribution in [3.05, 3.63) is 63.6 Å². The number of carbonyl (C=O) groups is 1. The summed E-state index contributed by atoms with van der Waals surface area (Å²) >= 11 is 11.9. The van der Waals surface area contributed by atoms with Gasteiger partial charge in [-0.25, -0.2) is 0 Å². The fourth-order valence-electron chi connectivity index (χ4n) is 3.04. The average molecular weight is 394 g/mol. The lowest BCUT2D eigenvalue weighted by molar-refractivity contribution is -0.0586. The van der Waals surface area contributed by atoms with Crippen LogP contribution in [0.5, 0.6) is 5.75 Å². The standard InChI is InChI=1S/C20H21Cl2NO3/c1-13-10-23(11-14(2)26-13)20(24)16-4-3-5-17(9-16)25-12-15-6-7-18(21)19(22)8-15/h3-9,13-14H,10-12H2,1-2H3/t13-,14+. The molecule has 1 aliphatic rings. The molecule has 0 saturated carbocycles. The number of morpholine rings is 1. The van der Waals surface area contributed by atoms with Gasteiger partial charge in [0, 0.05) is 18.7 Å². The Hall–Kier alpha value is -1.75. The van der Waals surface area contributed by atoms with Gasteiger partial charge in [0.25, 0.3) is 5.91 Å². The Kier molecular flexibility index (Phi) is 6.07. The Morgan fingerprint density at radius 3 is 2.54 bits per heavy atom. The molecule has 0 unspecified atom stereocenters. The summed E-state index contributed by atoms with van der Waals surface area (Å²) in [6.07, 6.45) is 0.0774. The molecule has 1 saturated heterocycles. The first-order chi connectivity index (χ1) is 12.4. The number of amides is 1. The van der Waals surface area contributed by atoms with Crippen LogP contribution < -0.4 is 4.74 Å². The molecule has 0 bridgehead atoms. The van der Waals surface area contributed by atoms with Crippen LogP contribution >= 0.6 is 23.2 Å². The van der Waals surface area contributed by atoms with Gasteiger partial charge in [0.15, 0.2) is 0 Å². The fraction of sp³-hybridized carbons (Fsp3) is 0.350. The van der Waals surface area contributed by atoms with E-state index < -0.39 is 0 Å². The number of carbonyl (C=O) groups excluding carboxylic acids is 1. The van der Waals surface area contributed by atoms with Crippen LogP contribution in [0.4, 0.5) is 0 Å². The fourth-order valence-corrected chi connectivity index (χ4v) is 3.36. The van der Waals surface area contributed by atoms with E-state index in [1.165, 1.54) is 0 Å². The summed E-state index contributed by atoms with van der Waals surface area (Å²) in [5.41, 5.74) is 1.52. The van der Waals surface area contributed by atoms with E-state index in [0.717, 1.165) is 5.56 Å². The minimum absolute atomic E-state index is 0.00742. The SMILES string of the molecule is C[C@@H]1CN(C(=O)c2cccc(OCc3ccc(Cl)c(Cl)c3)c2)C[C@H](C)O1. The number of benzene rings is 2. The van der Waals surface area contributed by atoms with Crippen molar-refractivity contribution in [2.45, 2.75) is 32.7 Å². The molecule has 1 heterocycles. The van der Waals surface area contributed by atoms with Crippen LogP contribution in [-0.2, 0) is 11.3 Å². The number of nitrogens with zero attached hydrogens (tertiary/aromatic N) is 1. The van der Waals surface area contributed by atoms with E-state index in [-0.39, 0.29) is 18.1 Å². The van der Waals surface area contributed by atoms with Gasteiger partial charge in [-0.05, 0) is 49.7 Å². The van der Waals surface area contributed by atoms with Crippen LogP contribution in [0.2, 0.25) is 10.0 Å². The maximum Gasteiger partial charge on any atom is 0.254 e. The van der Waals surface area contributed by atoms with Gasteiger partial charge in [-0.2, -0.15) is 0 Å². The summed E-state index contributed by atoms with van der Waals surface area (Å²) in [6, 6.07) is 12.6. The lowest BCUT2D eigenvalue weighted by atomic mass is 10.1. The molecule has 3 rings (SSSR count). The Labute approximate surface area is 163 Å². The molecule has 0 N–H and O–H groups in total. The predicted octanol–water partition coefficient (Wildman–Crippen LogP) is 4.82. The van der Waals surface area contributed by atoms with Gasteiger partial charge >= 0.3 is 0 Å². The van der Waals surface area contributed by atoms with Gasteiger partial charge in [0.1, 0.15) is 12.4 Å². The van der Waals surface area contributed by atoms with Crippen molar-refractivity contribution < 1.29 is 14.3 Å². The number of halogens is 2. The first kappa shape index (κ1) is 19.0. The number of rotatable bonds is 4. The maximum atomic E-state index is 12.8. The molecule has 0 aliphatic carbocycles. The number of ether oxygens (including phenoxy) is 2. The topological polar surface area (TPSA) is 38.8 Å². The third kappa shape index (κ3) is 4.70. The van der Waals surface area contributed by atoms with E-state index in [1.807, 2.05) is 36.9 Å². The molecule has 1 fully saturated rings. The third-order valence-corrected chi connectivity index (χ3v) is 4.92. The van der Waals surface area contributed by atoms with Crippen LogP contribution in [-0.4, -0.2) is 36.1 Å². The summed E-state index contributed by atoms with van der Waals surface area (Å²) in [7, 11) is 0. The molecular formula is C20H21Cl2NO3. The van der Waals surface area contributed by atoms with E-state index >= 15 is 0 Å². The van der Waals surface area contributed by atoms with Crippen molar-refractivity contribution in [3.8, 4) is 5.75 Å². The smallest absolute Gasteiger partial charge is 0.254 e. The Balaban J connectivity index is 1.67. The van der Waals surface area contributed by atoms with E-state index in [4.69, 9.17) is 32.7 Å². The summed E-state index contributed by atoms with van der Waals surface area (Å²) in [4.78, 5) is 14.6. The predicted molar refractivity (Wildman–Crippen MR) is 103 cm³/mol. The minimum Gasteiger partial charge on any atom is -0.489 e. The van der Waals surface area contributed by atoms with Crippen LogP contribution in [0.1, 0.15) is 29.8 Å². The van der Waals surface area contributed by atoms with Crippen molar-refractivity contribution >= 4 is 29.1 Å². The zero-order chi connectivity index (χ0) is 18.7. The molecule has 0 spiro atoms. The quantitative estimate of drug-likeness (QED) is 0.746. The van der Waals surface area contributed by atoms with Crippen LogP contribution in [0.25, 0.3) is 0 Å². The Morgan fingerprint density at radius 1 is 1.12 bits per heavy atom. The molecule has 2 aromatic rings. The highest BCUT2D eigenvalue weighted by Gasteiger charge is 2.26. The summed E-state index contributed by atoms with van der Waals surface area (Å²) in [5, 5.41) is 1.00. The Bertz CT molecular complexity index is 786. The molecule has 2 aromatic carbocycles. The van der Waals surface area contributed by atoms with Crippen molar-refractivity contribution in [2.24, 2.45) is 0 Å². The molecule has 6 heteroatoms. The molecule has 1 aliphatic heterocycles. The molecule has 0 aromatic heterocycles. The van der Waals surface area contributed by atoms with Crippen molar-refractivity contribution in [3.63, 3.8) is 0 Å². The lowest BCUT2D eigenvalue weighted by Gasteiger charge is -2.35. The van der Waals surface area contributed by atoms with E-state index in [0.29, 0.717) is 41.1 Å². The second-order valence-electron chi connectivity index (χ2n) is 6.53. The minimum atomic E-state index is -0.00742. The van der Waals surface area contributed by atoms with Gasteiger partial charge in [0.05, 0.1) is 22.3 Å². The normalized spacial score (nSPS) is 20.1. The van der Waals surface area contributed by atoms with Crippen molar-refractivity contribution in [1.82, 2.24) is 4.90 Å². The van der Waals surface area contributed by atoms with Crippen LogP contribution in [0, 0.1) is 0 Å². The lowest BCUT2D eigenvalue weighted by Crippen LogP contribution is -2.48. The number of hydrogen-bond acceptors (Lipinski definition) is 3. The zero-order valence-corrected chi connectivity index (χ0v) is 16.3.